The van der Waals surface area contributed by atoms with Gasteiger partial charge in [0.15, 0.2) is 0 Å². The molecular formula is C19H24N2O3. The van der Waals surface area contributed by atoms with Crippen LogP contribution in [0, 0.1) is 0 Å². The molecule has 24 heavy (non-hydrogen) atoms. The molecule has 1 unspecified atom stereocenters. The van der Waals surface area contributed by atoms with Gasteiger partial charge < -0.3 is 20.5 Å². The predicted molar refractivity (Wildman–Crippen MR) is 94.8 cm³/mol. The van der Waals surface area contributed by atoms with Crippen molar-refractivity contribution in [3.8, 4) is 5.75 Å². The fourth-order valence-corrected chi connectivity index (χ4v) is 2.22. The second-order valence-electron chi connectivity index (χ2n) is 5.59. The van der Waals surface area contributed by atoms with Crippen LogP contribution in [0.25, 0.3) is 0 Å². The van der Waals surface area contributed by atoms with E-state index in [2.05, 4.69) is 5.32 Å². The van der Waals surface area contributed by atoms with Gasteiger partial charge in [-0.3, -0.25) is 4.79 Å². The summed E-state index contributed by atoms with van der Waals surface area (Å²) < 4.78 is 10.8. The molecule has 0 aromatic heterocycles. The highest BCUT2D eigenvalue weighted by Crippen LogP contribution is 2.14. The number of carbonyl (C=O) groups excluding carboxylic acids is 1. The van der Waals surface area contributed by atoms with Crippen LogP contribution < -0.4 is 15.8 Å². The molecule has 0 saturated heterocycles. The number of nitrogens with one attached hydrogen (secondary N) is 1. The van der Waals surface area contributed by atoms with Crippen LogP contribution in [-0.2, 0) is 22.6 Å². The third-order valence-corrected chi connectivity index (χ3v) is 3.70. The fourth-order valence-electron chi connectivity index (χ4n) is 2.22. The van der Waals surface area contributed by atoms with Crippen LogP contribution in [0.3, 0.4) is 0 Å². The first-order valence-corrected chi connectivity index (χ1v) is 7.95. The lowest BCUT2D eigenvalue weighted by atomic mass is 10.1. The number of amides is 1. The first-order valence-electron chi connectivity index (χ1n) is 7.95. The zero-order valence-electron chi connectivity index (χ0n) is 14.1. The Morgan fingerprint density at radius 2 is 1.92 bits per heavy atom. The smallest absolute Gasteiger partial charge is 0.248 e. The van der Waals surface area contributed by atoms with Crippen LogP contribution in [-0.4, -0.2) is 25.7 Å². The van der Waals surface area contributed by atoms with Gasteiger partial charge in [-0.05, 0) is 48.7 Å². The van der Waals surface area contributed by atoms with Crippen LogP contribution in [0.1, 0.15) is 18.1 Å². The van der Waals surface area contributed by atoms with E-state index in [1.807, 2.05) is 48.5 Å². The molecule has 0 saturated carbocycles. The number of benzene rings is 2. The molecule has 0 bridgehead atoms. The summed E-state index contributed by atoms with van der Waals surface area (Å²) >= 11 is 0. The molecule has 0 spiro atoms. The molecule has 0 fully saturated rings. The summed E-state index contributed by atoms with van der Waals surface area (Å²) in [4.78, 5) is 12.1. The summed E-state index contributed by atoms with van der Waals surface area (Å²) in [5.41, 5.74) is 8.49. The second-order valence-corrected chi connectivity index (χ2v) is 5.59. The molecule has 2 aromatic rings. The number of carbonyl (C=O) groups is 1. The average Bonchev–Trinajstić information content (AvgIpc) is 2.61. The number of nitrogen functional groups attached to an aromatic ring is 1. The van der Waals surface area contributed by atoms with Crippen molar-refractivity contribution in [3.05, 3.63) is 59.7 Å². The van der Waals surface area contributed by atoms with E-state index in [1.54, 1.807) is 14.0 Å². The van der Waals surface area contributed by atoms with Crippen molar-refractivity contribution >= 4 is 11.6 Å². The zero-order chi connectivity index (χ0) is 17.4. The van der Waals surface area contributed by atoms with Crippen molar-refractivity contribution in [2.24, 2.45) is 0 Å². The van der Waals surface area contributed by atoms with Gasteiger partial charge in [0.2, 0.25) is 5.91 Å². The summed E-state index contributed by atoms with van der Waals surface area (Å²) in [6, 6.07) is 15.2. The van der Waals surface area contributed by atoms with E-state index in [-0.39, 0.29) is 5.91 Å². The van der Waals surface area contributed by atoms with E-state index < -0.39 is 6.10 Å². The van der Waals surface area contributed by atoms with Crippen LogP contribution in [0.4, 0.5) is 5.69 Å². The van der Waals surface area contributed by atoms with Gasteiger partial charge in [-0.15, -0.1) is 0 Å². The number of methoxy groups -OCH3 is 1. The number of anilines is 1. The van der Waals surface area contributed by atoms with Crippen molar-refractivity contribution in [1.82, 2.24) is 5.32 Å². The van der Waals surface area contributed by atoms with Gasteiger partial charge >= 0.3 is 0 Å². The number of rotatable bonds is 8. The van der Waals surface area contributed by atoms with Gasteiger partial charge in [-0.2, -0.15) is 0 Å². The Labute approximate surface area is 142 Å². The third kappa shape index (κ3) is 5.59. The summed E-state index contributed by atoms with van der Waals surface area (Å²) in [6.07, 6.45) is 0.247. The van der Waals surface area contributed by atoms with E-state index in [0.29, 0.717) is 13.2 Å². The molecule has 0 aliphatic heterocycles. The summed E-state index contributed by atoms with van der Waals surface area (Å²) in [6.45, 7) is 2.68. The number of ether oxygens (including phenoxy) is 2. The molecule has 0 aliphatic carbocycles. The lowest BCUT2D eigenvalue weighted by Crippen LogP contribution is -2.35. The minimum Gasteiger partial charge on any atom is -0.497 e. The standard InChI is InChI=1S/C19H24N2O3/c1-14(24-13-16-4-3-5-18(12-16)23-2)19(22)21-11-10-15-6-8-17(20)9-7-15/h3-9,12,14H,10-11,13,20H2,1-2H3,(H,21,22). The van der Waals surface area contributed by atoms with E-state index in [0.717, 1.165) is 29.0 Å². The SMILES string of the molecule is COc1cccc(COC(C)C(=O)NCCc2ccc(N)cc2)c1. The Hall–Kier alpha value is -2.53. The number of hydrogen-bond acceptors (Lipinski definition) is 4. The van der Waals surface area contributed by atoms with Crippen molar-refractivity contribution in [3.63, 3.8) is 0 Å². The number of nitrogens with two attached hydrogens (primary N) is 1. The molecule has 0 aliphatic rings. The maximum Gasteiger partial charge on any atom is 0.248 e. The highest BCUT2D eigenvalue weighted by atomic mass is 16.5. The molecule has 0 heterocycles. The Bertz CT molecular complexity index is 656. The number of hydrogen-bond donors (Lipinski definition) is 2. The fraction of sp³-hybridized carbons (Fsp3) is 0.316. The third-order valence-electron chi connectivity index (χ3n) is 3.70. The van der Waals surface area contributed by atoms with E-state index in [1.165, 1.54) is 0 Å². The van der Waals surface area contributed by atoms with Crippen molar-refractivity contribution in [1.29, 1.82) is 0 Å². The van der Waals surface area contributed by atoms with Crippen LogP contribution in [0.2, 0.25) is 0 Å². The summed E-state index contributed by atoms with van der Waals surface area (Å²) in [5.74, 6) is 0.657. The molecule has 1 amide bonds. The first-order chi connectivity index (χ1) is 11.6. The van der Waals surface area contributed by atoms with Crippen LogP contribution >= 0.6 is 0 Å². The Kier molecular flexibility index (Phi) is 6.63. The molecule has 2 rings (SSSR count). The van der Waals surface area contributed by atoms with Crippen molar-refractivity contribution < 1.29 is 14.3 Å². The van der Waals surface area contributed by atoms with E-state index in [9.17, 15) is 4.79 Å². The largest absolute Gasteiger partial charge is 0.497 e. The minimum atomic E-state index is -0.511. The summed E-state index contributed by atoms with van der Waals surface area (Å²) in [7, 11) is 1.62. The van der Waals surface area contributed by atoms with Gasteiger partial charge in [0.05, 0.1) is 13.7 Å². The van der Waals surface area contributed by atoms with Gasteiger partial charge in [0, 0.05) is 12.2 Å². The predicted octanol–water partition coefficient (Wildman–Crippen LogP) is 2.54. The highest BCUT2D eigenvalue weighted by Gasteiger charge is 2.13. The van der Waals surface area contributed by atoms with Crippen molar-refractivity contribution in [2.75, 3.05) is 19.4 Å². The van der Waals surface area contributed by atoms with Gasteiger partial charge in [0.1, 0.15) is 11.9 Å². The van der Waals surface area contributed by atoms with Gasteiger partial charge in [0.25, 0.3) is 0 Å². The van der Waals surface area contributed by atoms with Gasteiger partial charge in [-0.25, -0.2) is 0 Å². The molecule has 0 radical (unpaired) electrons. The Morgan fingerprint density at radius 3 is 2.62 bits per heavy atom. The van der Waals surface area contributed by atoms with E-state index >= 15 is 0 Å². The van der Waals surface area contributed by atoms with Crippen LogP contribution in [0.5, 0.6) is 5.75 Å². The lowest BCUT2D eigenvalue weighted by molar-refractivity contribution is -0.132. The Morgan fingerprint density at radius 1 is 1.17 bits per heavy atom. The Balaban J connectivity index is 1.72. The molecule has 5 heteroatoms. The van der Waals surface area contributed by atoms with Gasteiger partial charge in [-0.1, -0.05) is 24.3 Å². The molecule has 1 atom stereocenters. The lowest BCUT2D eigenvalue weighted by Gasteiger charge is -2.14. The highest BCUT2D eigenvalue weighted by molar-refractivity contribution is 5.80. The minimum absolute atomic E-state index is 0.117. The molecule has 5 nitrogen and oxygen atoms in total. The second kappa shape index (κ2) is 8.93. The zero-order valence-corrected chi connectivity index (χ0v) is 14.1. The maximum atomic E-state index is 12.1. The normalized spacial score (nSPS) is 11.8. The molecule has 2 aromatic carbocycles. The average molecular weight is 328 g/mol. The quantitative estimate of drug-likeness (QED) is 0.730. The first kappa shape index (κ1) is 17.8. The molecule has 3 N–H and O–H groups in total. The maximum absolute atomic E-state index is 12.1. The van der Waals surface area contributed by atoms with Crippen LogP contribution in [0.15, 0.2) is 48.5 Å². The molecule has 128 valence electrons. The van der Waals surface area contributed by atoms with Crippen molar-refractivity contribution in [2.45, 2.75) is 26.1 Å². The topological polar surface area (TPSA) is 73.6 Å². The molecular weight excluding hydrogens is 304 g/mol. The monoisotopic (exact) mass is 328 g/mol. The summed E-state index contributed by atoms with van der Waals surface area (Å²) in [5, 5.41) is 2.88. The van der Waals surface area contributed by atoms with E-state index in [4.69, 9.17) is 15.2 Å².